The summed E-state index contributed by atoms with van der Waals surface area (Å²) < 4.78 is 71.1. The van der Waals surface area contributed by atoms with Gasteiger partial charge in [-0.25, -0.2) is 8.42 Å². The third kappa shape index (κ3) is 5.83. The molecule has 0 bridgehead atoms. The predicted molar refractivity (Wildman–Crippen MR) is 119 cm³/mol. The number of nitrogens with one attached hydrogen (secondary N) is 1. The molecule has 0 saturated heterocycles. The van der Waals surface area contributed by atoms with E-state index in [1.807, 2.05) is 6.92 Å². The maximum atomic E-state index is 13.0. The van der Waals surface area contributed by atoms with Gasteiger partial charge >= 0.3 is 6.18 Å². The van der Waals surface area contributed by atoms with E-state index in [0.717, 1.165) is 22.0 Å². The molecule has 0 fully saturated rings. The molecule has 6 nitrogen and oxygen atoms in total. The number of alkyl halides is 3. The lowest BCUT2D eigenvalue weighted by molar-refractivity contribution is -0.137. The van der Waals surface area contributed by atoms with Gasteiger partial charge in [-0.3, -0.25) is 9.10 Å². The van der Waals surface area contributed by atoms with Gasteiger partial charge in [0.15, 0.2) is 6.61 Å². The van der Waals surface area contributed by atoms with Crippen molar-refractivity contribution in [3.63, 3.8) is 0 Å². The summed E-state index contributed by atoms with van der Waals surface area (Å²) in [6.45, 7) is 1.33. The van der Waals surface area contributed by atoms with Crippen LogP contribution in [-0.4, -0.2) is 28.0 Å². The first-order valence-corrected chi connectivity index (χ1v) is 11.2. The van der Waals surface area contributed by atoms with Crippen LogP contribution in [0.4, 0.5) is 24.5 Å². The molecule has 0 spiro atoms. The summed E-state index contributed by atoms with van der Waals surface area (Å²) in [5.41, 5.74) is -0.0204. The normalized spacial score (nSPS) is 11.7. The molecule has 0 aliphatic carbocycles. The van der Waals surface area contributed by atoms with E-state index in [9.17, 15) is 26.4 Å². The van der Waals surface area contributed by atoms with Crippen molar-refractivity contribution in [2.45, 2.75) is 18.0 Å². The fourth-order valence-electron chi connectivity index (χ4n) is 2.93. The van der Waals surface area contributed by atoms with Gasteiger partial charge in [0.1, 0.15) is 5.75 Å². The number of hydrogen-bond acceptors (Lipinski definition) is 4. The van der Waals surface area contributed by atoms with E-state index in [1.165, 1.54) is 55.6 Å². The van der Waals surface area contributed by atoms with Crippen LogP contribution < -0.4 is 14.4 Å². The van der Waals surface area contributed by atoms with Crippen LogP contribution in [0.25, 0.3) is 0 Å². The number of carbonyl (C=O) groups is 1. The minimum absolute atomic E-state index is 0.145. The predicted octanol–water partition coefficient (Wildman–Crippen LogP) is 4.86. The lowest BCUT2D eigenvalue weighted by Crippen LogP contribution is -2.26. The molecule has 0 atom stereocenters. The lowest BCUT2D eigenvalue weighted by Gasteiger charge is -2.20. The summed E-state index contributed by atoms with van der Waals surface area (Å²) in [6.07, 6.45) is -4.61. The molecule has 0 radical (unpaired) electrons. The molecule has 1 amide bonds. The SMILES string of the molecule is Cc1ccc(S(=O)(=O)N(C)c2ccc(OCC(=O)Nc3ccccc3C(F)(F)F)cc2)cc1. The van der Waals surface area contributed by atoms with E-state index >= 15 is 0 Å². The number of sulfonamides is 1. The Balaban J connectivity index is 1.63. The Labute approximate surface area is 189 Å². The molecule has 0 saturated carbocycles. The van der Waals surface area contributed by atoms with Gasteiger partial charge in [-0.05, 0) is 55.5 Å². The number of amides is 1. The van der Waals surface area contributed by atoms with Crippen LogP contribution in [-0.2, 0) is 21.0 Å². The molecule has 3 aromatic carbocycles. The first-order valence-electron chi connectivity index (χ1n) is 9.73. The number of aryl methyl sites for hydroxylation is 1. The van der Waals surface area contributed by atoms with E-state index in [0.29, 0.717) is 5.69 Å². The highest BCUT2D eigenvalue weighted by Gasteiger charge is 2.33. The molecule has 3 aromatic rings. The van der Waals surface area contributed by atoms with Crippen LogP contribution in [0, 0.1) is 6.92 Å². The molecular formula is C23H21F3N2O4S. The molecule has 3 rings (SSSR count). The third-order valence-electron chi connectivity index (χ3n) is 4.76. The van der Waals surface area contributed by atoms with Crippen LogP contribution in [0.2, 0.25) is 0 Å². The van der Waals surface area contributed by atoms with Crippen molar-refractivity contribution in [2.24, 2.45) is 0 Å². The molecule has 0 heterocycles. The van der Waals surface area contributed by atoms with E-state index in [-0.39, 0.29) is 16.3 Å². The summed E-state index contributed by atoms with van der Waals surface area (Å²) in [6, 6.07) is 17.0. The quantitative estimate of drug-likeness (QED) is 0.527. The monoisotopic (exact) mass is 478 g/mol. The number of rotatable bonds is 7. The number of benzene rings is 3. The van der Waals surface area contributed by atoms with Gasteiger partial charge in [0.25, 0.3) is 15.9 Å². The second-order valence-corrected chi connectivity index (χ2v) is 9.13. The van der Waals surface area contributed by atoms with Crippen LogP contribution >= 0.6 is 0 Å². The Morgan fingerprint density at radius 1 is 0.970 bits per heavy atom. The average molecular weight is 478 g/mol. The zero-order chi connectivity index (χ0) is 24.2. The standard InChI is InChI=1S/C23H21F3N2O4S/c1-16-7-13-19(14-8-16)33(30,31)28(2)17-9-11-18(12-10-17)32-15-22(29)27-21-6-4-3-5-20(21)23(24,25)26/h3-14H,15H2,1-2H3,(H,27,29). The van der Waals surface area contributed by atoms with Gasteiger partial charge in [0.05, 0.1) is 21.8 Å². The minimum atomic E-state index is -4.61. The zero-order valence-electron chi connectivity index (χ0n) is 17.8. The smallest absolute Gasteiger partial charge is 0.418 e. The number of ether oxygens (including phenoxy) is 1. The third-order valence-corrected chi connectivity index (χ3v) is 6.56. The van der Waals surface area contributed by atoms with Gasteiger partial charge < -0.3 is 10.1 Å². The van der Waals surface area contributed by atoms with Crippen molar-refractivity contribution in [3.05, 3.63) is 83.9 Å². The topological polar surface area (TPSA) is 75.7 Å². The minimum Gasteiger partial charge on any atom is -0.484 e. The van der Waals surface area contributed by atoms with Crippen molar-refractivity contribution < 1.29 is 31.1 Å². The van der Waals surface area contributed by atoms with Crippen molar-refractivity contribution in [3.8, 4) is 5.75 Å². The number of para-hydroxylation sites is 1. The lowest BCUT2D eigenvalue weighted by atomic mass is 10.1. The summed E-state index contributed by atoms with van der Waals surface area (Å²) in [5, 5.41) is 2.19. The molecule has 0 aromatic heterocycles. The summed E-state index contributed by atoms with van der Waals surface area (Å²) >= 11 is 0. The summed E-state index contributed by atoms with van der Waals surface area (Å²) in [5.74, 6) is -0.519. The fraction of sp³-hybridized carbons (Fsp3) is 0.174. The Bertz CT molecular complexity index is 1230. The van der Waals surface area contributed by atoms with Crippen LogP contribution in [0.15, 0.2) is 77.7 Å². The zero-order valence-corrected chi connectivity index (χ0v) is 18.6. The van der Waals surface area contributed by atoms with E-state index in [1.54, 1.807) is 12.1 Å². The molecule has 10 heteroatoms. The van der Waals surface area contributed by atoms with E-state index in [2.05, 4.69) is 5.32 Å². The highest BCUT2D eigenvalue weighted by molar-refractivity contribution is 7.92. The van der Waals surface area contributed by atoms with Crippen LogP contribution in [0.1, 0.15) is 11.1 Å². The van der Waals surface area contributed by atoms with Gasteiger partial charge in [-0.15, -0.1) is 0 Å². The molecule has 0 aliphatic rings. The van der Waals surface area contributed by atoms with Crippen molar-refractivity contribution in [1.29, 1.82) is 0 Å². The number of carbonyl (C=O) groups excluding carboxylic acids is 1. The highest BCUT2D eigenvalue weighted by atomic mass is 32.2. The first-order chi connectivity index (χ1) is 15.5. The Morgan fingerprint density at radius 2 is 1.58 bits per heavy atom. The number of halogens is 3. The van der Waals surface area contributed by atoms with Gasteiger partial charge in [0.2, 0.25) is 0 Å². The van der Waals surface area contributed by atoms with Crippen LogP contribution in [0.5, 0.6) is 5.75 Å². The van der Waals surface area contributed by atoms with Crippen molar-refractivity contribution in [2.75, 3.05) is 23.3 Å². The molecule has 0 unspecified atom stereocenters. The average Bonchev–Trinajstić information content (AvgIpc) is 2.77. The molecule has 174 valence electrons. The first kappa shape index (κ1) is 24.1. The van der Waals surface area contributed by atoms with E-state index in [4.69, 9.17) is 4.74 Å². The second-order valence-electron chi connectivity index (χ2n) is 7.16. The number of hydrogen-bond donors (Lipinski definition) is 1. The Hall–Kier alpha value is -3.53. The highest BCUT2D eigenvalue weighted by Crippen LogP contribution is 2.34. The summed E-state index contributed by atoms with van der Waals surface area (Å²) in [7, 11) is -2.35. The molecule has 33 heavy (non-hydrogen) atoms. The fourth-order valence-corrected chi connectivity index (χ4v) is 4.13. The Morgan fingerprint density at radius 3 is 2.18 bits per heavy atom. The number of nitrogens with zero attached hydrogens (tertiary/aromatic N) is 1. The van der Waals surface area contributed by atoms with Crippen LogP contribution in [0.3, 0.4) is 0 Å². The Kier molecular flexibility index (Phi) is 6.97. The van der Waals surface area contributed by atoms with E-state index < -0.39 is 34.3 Å². The van der Waals surface area contributed by atoms with Gasteiger partial charge in [-0.2, -0.15) is 13.2 Å². The summed E-state index contributed by atoms with van der Waals surface area (Å²) in [4.78, 5) is 12.2. The van der Waals surface area contributed by atoms with Crippen molar-refractivity contribution in [1.82, 2.24) is 0 Å². The molecule has 1 N–H and O–H groups in total. The molecular weight excluding hydrogens is 457 g/mol. The number of anilines is 2. The second kappa shape index (κ2) is 9.53. The van der Waals surface area contributed by atoms with Gasteiger partial charge in [0, 0.05) is 7.05 Å². The van der Waals surface area contributed by atoms with Gasteiger partial charge in [-0.1, -0.05) is 29.8 Å². The van der Waals surface area contributed by atoms with Crippen molar-refractivity contribution >= 4 is 27.3 Å². The largest absolute Gasteiger partial charge is 0.484 e. The maximum Gasteiger partial charge on any atom is 0.418 e. The maximum absolute atomic E-state index is 13.0. The molecule has 0 aliphatic heterocycles.